The molecule has 0 bridgehead atoms. The molecule has 2 saturated heterocycles. The zero-order valence-corrected chi connectivity index (χ0v) is 21.8. The summed E-state index contributed by atoms with van der Waals surface area (Å²) in [5.41, 5.74) is 1.82. The van der Waals surface area contributed by atoms with Crippen LogP contribution in [0.25, 0.3) is 0 Å². The van der Waals surface area contributed by atoms with E-state index in [1.807, 2.05) is 30.3 Å². The normalized spacial score (nSPS) is 21.4. The molecule has 4 amide bonds. The van der Waals surface area contributed by atoms with Gasteiger partial charge in [-0.2, -0.15) is 0 Å². The first-order valence-electron chi connectivity index (χ1n) is 13.6. The summed E-state index contributed by atoms with van der Waals surface area (Å²) < 4.78 is 0. The molecule has 0 radical (unpaired) electrons. The lowest BCUT2D eigenvalue weighted by atomic mass is 9.76. The molecule has 9 heteroatoms. The molecule has 2 aromatic rings. The second-order valence-electron chi connectivity index (χ2n) is 11.0. The van der Waals surface area contributed by atoms with Gasteiger partial charge in [-0.25, -0.2) is 4.79 Å². The third kappa shape index (κ3) is 5.72. The van der Waals surface area contributed by atoms with Gasteiger partial charge < -0.3 is 15.3 Å². The highest BCUT2D eigenvalue weighted by atomic mass is 16.4. The smallest absolute Gasteiger partial charge is 0.326 e. The van der Waals surface area contributed by atoms with Crippen LogP contribution >= 0.6 is 0 Å². The molecule has 2 atom stereocenters. The Balaban J connectivity index is 1.23. The van der Waals surface area contributed by atoms with Crippen LogP contribution in [0.15, 0.2) is 54.6 Å². The number of hydrogen-bond acceptors (Lipinski definition) is 5. The van der Waals surface area contributed by atoms with Crippen LogP contribution in [0.2, 0.25) is 0 Å². The van der Waals surface area contributed by atoms with E-state index >= 15 is 0 Å². The van der Waals surface area contributed by atoms with Gasteiger partial charge in [0.15, 0.2) is 0 Å². The molecular weight excluding hydrogens is 498 g/mol. The van der Waals surface area contributed by atoms with E-state index < -0.39 is 24.0 Å². The third-order valence-electron chi connectivity index (χ3n) is 8.29. The van der Waals surface area contributed by atoms with Gasteiger partial charge in [0.05, 0.1) is 5.69 Å². The van der Waals surface area contributed by atoms with Gasteiger partial charge in [0.2, 0.25) is 23.6 Å². The van der Waals surface area contributed by atoms with E-state index in [0.717, 1.165) is 31.2 Å². The van der Waals surface area contributed by atoms with E-state index in [4.69, 9.17) is 0 Å². The standard InChI is InChI=1S/C30H33N3O6/c34-25-13-12-24(32(25)19-21-6-2-1-3-7-21)28(37)31-23(29(38)39)16-20-8-10-22(11-9-20)33-26(35)17-30(18-27(33)36)14-4-5-15-30/h1-3,6-11,23-24H,4-5,12-19H2,(H,31,37)(H,38,39)/t23-,24-/m0/s1. The van der Waals surface area contributed by atoms with Crippen LogP contribution in [0.4, 0.5) is 5.69 Å². The van der Waals surface area contributed by atoms with Gasteiger partial charge in [0.1, 0.15) is 12.1 Å². The molecule has 2 N–H and O–H groups in total. The van der Waals surface area contributed by atoms with E-state index in [2.05, 4.69) is 5.32 Å². The van der Waals surface area contributed by atoms with E-state index in [1.165, 1.54) is 9.80 Å². The molecule has 1 saturated carbocycles. The predicted octanol–water partition coefficient (Wildman–Crippen LogP) is 3.20. The minimum absolute atomic E-state index is 0.0196. The summed E-state index contributed by atoms with van der Waals surface area (Å²) >= 11 is 0. The van der Waals surface area contributed by atoms with Crippen molar-refractivity contribution < 1.29 is 29.1 Å². The summed E-state index contributed by atoms with van der Waals surface area (Å²) in [5.74, 6) is -2.20. The lowest BCUT2D eigenvalue weighted by Gasteiger charge is -2.37. The molecule has 39 heavy (non-hydrogen) atoms. The molecular formula is C30H33N3O6. The lowest BCUT2D eigenvalue weighted by molar-refractivity contribution is -0.143. The number of carbonyl (C=O) groups is 5. The second kappa shape index (κ2) is 11.0. The molecule has 0 aromatic heterocycles. The molecule has 5 rings (SSSR count). The molecule has 1 spiro atoms. The van der Waals surface area contributed by atoms with Crippen LogP contribution in [-0.4, -0.2) is 51.7 Å². The molecule has 2 heterocycles. The summed E-state index contributed by atoms with van der Waals surface area (Å²) in [6.07, 6.45) is 5.27. The Bertz CT molecular complexity index is 1250. The Hall–Kier alpha value is -4.01. The number of amides is 4. The first-order chi connectivity index (χ1) is 18.7. The van der Waals surface area contributed by atoms with E-state index in [9.17, 15) is 29.1 Å². The first kappa shape index (κ1) is 26.6. The van der Waals surface area contributed by atoms with Gasteiger partial charge in [-0.1, -0.05) is 55.3 Å². The number of hydrogen-bond donors (Lipinski definition) is 2. The lowest BCUT2D eigenvalue weighted by Crippen LogP contribution is -2.50. The van der Waals surface area contributed by atoms with Gasteiger partial charge in [-0.15, -0.1) is 0 Å². The fourth-order valence-electron chi connectivity index (χ4n) is 6.24. The van der Waals surface area contributed by atoms with Gasteiger partial charge >= 0.3 is 5.97 Å². The number of anilines is 1. The molecule has 2 aliphatic heterocycles. The van der Waals surface area contributed by atoms with Crippen molar-refractivity contribution in [2.24, 2.45) is 5.41 Å². The number of carboxylic acids is 1. The molecule has 3 aliphatic rings. The molecule has 3 fully saturated rings. The zero-order chi connectivity index (χ0) is 27.6. The Kier molecular flexibility index (Phi) is 7.50. The van der Waals surface area contributed by atoms with Crippen molar-refractivity contribution in [2.45, 2.75) is 76.4 Å². The Morgan fingerprint density at radius 2 is 1.54 bits per heavy atom. The Morgan fingerprint density at radius 1 is 0.897 bits per heavy atom. The predicted molar refractivity (Wildman–Crippen MR) is 142 cm³/mol. The molecule has 9 nitrogen and oxygen atoms in total. The minimum atomic E-state index is -1.20. The number of nitrogens with one attached hydrogen (secondary N) is 1. The summed E-state index contributed by atoms with van der Waals surface area (Å²) in [7, 11) is 0. The van der Waals surface area contributed by atoms with Gasteiger partial charge in [0.25, 0.3) is 0 Å². The zero-order valence-electron chi connectivity index (χ0n) is 21.8. The average Bonchev–Trinajstić information content (AvgIpc) is 3.50. The Labute approximate surface area is 227 Å². The van der Waals surface area contributed by atoms with Crippen molar-refractivity contribution in [3.05, 3.63) is 65.7 Å². The van der Waals surface area contributed by atoms with Crippen LogP contribution in [0, 0.1) is 5.41 Å². The number of carboxylic acid groups (broad SMARTS) is 1. The SMILES string of the molecule is O=C(O)[C@H](Cc1ccc(N2C(=O)CC3(CCCC3)CC2=O)cc1)NC(=O)[C@@H]1CCC(=O)N1Cc1ccccc1. The van der Waals surface area contributed by atoms with Crippen molar-refractivity contribution in [1.29, 1.82) is 0 Å². The van der Waals surface area contributed by atoms with Crippen molar-refractivity contribution in [2.75, 3.05) is 4.90 Å². The summed E-state index contributed by atoms with van der Waals surface area (Å²) in [6.45, 7) is 0.284. The van der Waals surface area contributed by atoms with Gasteiger partial charge in [0, 0.05) is 32.2 Å². The minimum Gasteiger partial charge on any atom is -0.480 e. The highest BCUT2D eigenvalue weighted by molar-refractivity contribution is 6.17. The maximum atomic E-state index is 13.1. The second-order valence-corrected chi connectivity index (χ2v) is 11.0. The summed E-state index contributed by atoms with van der Waals surface area (Å²) in [5, 5.41) is 12.4. The number of piperidine rings is 1. The number of imide groups is 1. The monoisotopic (exact) mass is 531 g/mol. The van der Waals surface area contributed by atoms with Crippen LogP contribution < -0.4 is 10.2 Å². The molecule has 1 aliphatic carbocycles. The number of aliphatic carboxylic acids is 1. The molecule has 0 unspecified atom stereocenters. The van der Waals surface area contributed by atoms with Crippen LogP contribution in [0.1, 0.15) is 62.5 Å². The van der Waals surface area contributed by atoms with Crippen LogP contribution in [0.5, 0.6) is 0 Å². The van der Waals surface area contributed by atoms with E-state index in [0.29, 0.717) is 30.5 Å². The number of carbonyl (C=O) groups excluding carboxylic acids is 4. The van der Waals surface area contributed by atoms with Crippen molar-refractivity contribution in [3.63, 3.8) is 0 Å². The molecule has 204 valence electrons. The highest BCUT2D eigenvalue weighted by Crippen LogP contribution is 2.47. The third-order valence-corrected chi connectivity index (χ3v) is 8.29. The van der Waals surface area contributed by atoms with Crippen molar-refractivity contribution in [3.8, 4) is 0 Å². The molecule has 2 aromatic carbocycles. The Morgan fingerprint density at radius 3 is 2.15 bits per heavy atom. The average molecular weight is 532 g/mol. The van der Waals surface area contributed by atoms with Crippen molar-refractivity contribution >= 4 is 35.3 Å². The number of likely N-dealkylation sites (tertiary alicyclic amines) is 1. The van der Waals surface area contributed by atoms with Gasteiger partial charge in [-0.3, -0.25) is 24.1 Å². The van der Waals surface area contributed by atoms with Crippen LogP contribution in [-0.2, 0) is 36.9 Å². The summed E-state index contributed by atoms with van der Waals surface area (Å²) in [6, 6.07) is 14.1. The fraction of sp³-hybridized carbons (Fsp3) is 0.433. The van der Waals surface area contributed by atoms with Gasteiger partial charge in [-0.05, 0) is 47.9 Å². The highest BCUT2D eigenvalue weighted by Gasteiger charge is 2.45. The first-order valence-corrected chi connectivity index (χ1v) is 13.6. The number of nitrogens with zero attached hydrogens (tertiary/aromatic N) is 2. The van der Waals surface area contributed by atoms with Crippen LogP contribution in [0.3, 0.4) is 0 Å². The largest absolute Gasteiger partial charge is 0.480 e. The topological polar surface area (TPSA) is 124 Å². The maximum absolute atomic E-state index is 13.1. The van der Waals surface area contributed by atoms with Crippen molar-refractivity contribution in [1.82, 2.24) is 10.2 Å². The van der Waals surface area contributed by atoms with E-state index in [1.54, 1.807) is 24.3 Å². The quantitative estimate of drug-likeness (QED) is 0.504. The number of benzene rings is 2. The van der Waals surface area contributed by atoms with E-state index in [-0.39, 0.29) is 42.5 Å². The maximum Gasteiger partial charge on any atom is 0.326 e. The summed E-state index contributed by atoms with van der Waals surface area (Å²) in [4.78, 5) is 66.1. The number of rotatable bonds is 8. The fourth-order valence-corrected chi connectivity index (χ4v) is 6.24.